The van der Waals surface area contributed by atoms with Crippen LogP contribution in [0.4, 0.5) is 0 Å². The number of carbonyl (C=O) groups is 1. The summed E-state index contributed by atoms with van der Waals surface area (Å²) < 4.78 is 10.0. The second-order valence-corrected chi connectivity index (χ2v) is 4.48. The second-order valence-electron chi connectivity index (χ2n) is 4.48. The summed E-state index contributed by atoms with van der Waals surface area (Å²) in [6.45, 7) is 5.44. The zero-order valence-electron chi connectivity index (χ0n) is 9.32. The number of ether oxygens (including phenoxy) is 1. The largest absolute Gasteiger partial charge is 0.472 e. The first-order valence-electron chi connectivity index (χ1n) is 4.88. The summed E-state index contributed by atoms with van der Waals surface area (Å²) in [6.07, 6.45) is 3.56. The zero-order valence-corrected chi connectivity index (χ0v) is 9.32. The van der Waals surface area contributed by atoms with E-state index in [1.165, 1.54) is 0 Å². The van der Waals surface area contributed by atoms with Crippen LogP contribution in [0.3, 0.4) is 0 Å². The monoisotopic (exact) mass is 211 g/mol. The molecule has 1 rings (SSSR count). The van der Waals surface area contributed by atoms with Crippen molar-refractivity contribution in [2.45, 2.75) is 38.8 Å². The molecule has 0 aliphatic heterocycles. The summed E-state index contributed by atoms with van der Waals surface area (Å²) in [5, 5.41) is 0. The minimum Gasteiger partial charge on any atom is -0.472 e. The summed E-state index contributed by atoms with van der Waals surface area (Å²) in [5.74, 6) is -0.385. The number of rotatable bonds is 3. The Hall–Kier alpha value is -1.29. The lowest BCUT2D eigenvalue weighted by molar-refractivity contribution is -0.156. The van der Waals surface area contributed by atoms with Crippen molar-refractivity contribution >= 4 is 5.97 Å². The molecule has 15 heavy (non-hydrogen) atoms. The normalized spacial score (nSPS) is 13.6. The molecule has 2 N–H and O–H groups in total. The molecular weight excluding hydrogens is 194 g/mol. The van der Waals surface area contributed by atoms with Gasteiger partial charge in [-0.3, -0.25) is 4.79 Å². The van der Waals surface area contributed by atoms with Crippen molar-refractivity contribution < 1.29 is 13.9 Å². The molecule has 0 fully saturated rings. The lowest BCUT2D eigenvalue weighted by Crippen LogP contribution is -2.38. The summed E-state index contributed by atoms with van der Waals surface area (Å²) in [4.78, 5) is 11.5. The van der Waals surface area contributed by atoms with E-state index in [0.29, 0.717) is 6.42 Å². The number of furan rings is 1. The Balaban J connectivity index is 2.47. The summed E-state index contributed by atoms with van der Waals surface area (Å²) in [5.41, 5.74) is 6.10. The van der Waals surface area contributed by atoms with E-state index in [0.717, 1.165) is 5.56 Å². The van der Waals surface area contributed by atoms with Crippen molar-refractivity contribution in [1.29, 1.82) is 0 Å². The first-order chi connectivity index (χ1) is 6.88. The van der Waals surface area contributed by atoms with Gasteiger partial charge in [0.15, 0.2) is 0 Å². The molecule has 0 bridgehead atoms. The predicted molar refractivity (Wildman–Crippen MR) is 56.2 cm³/mol. The van der Waals surface area contributed by atoms with Crippen molar-refractivity contribution in [1.82, 2.24) is 0 Å². The van der Waals surface area contributed by atoms with Gasteiger partial charge in [-0.2, -0.15) is 0 Å². The van der Waals surface area contributed by atoms with Crippen LogP contribution in [0.25, 0.3) is 0 Å². The van der Waals surface area contributed by atoms with Crippen molar-refractivity contribution in [3.05, 3.63) is 24.2 Å². The van der Waals surface area contributed by atoms with Gasteiger partial charge in [0.2, 0.25) is 0 Å². The molecule has 1 aromatic rings. The second kappa shape index (κ2) is 4.49. The Morgan fingerprint density at radius 2 is 2.27 bits per heavy atom. The average molecular weight is 211 g/mol. The Morgan fingerprint density at radius 1 is 1.60 bits per heavy atom. The van der Waals surface area contributed by atoms with Gasteiger partial charge >= 0.3 is 5.97 Å². The Morgan fingerprint density at radius 3 is 2.73 bits per heavy atom. The minimum absolute atomic E-state index is 0.385. The number of carbonyl (C=O) groups excluding carboxylic acids is 1. The SMILES string of the molecule is CC(C)(C)OC(=O)C(N)Cc1ccoc1. The van der Waals surface area contributed by atoms with E-state index in [9.17, 15) is 4.79 Å². The summed E-state index contributed by atoms with van der Waals surface area (Å²) in [7, 11) is 0. The van der Waals surface area contributed by atoms with E-state index < -0.39 is 11.6 Å². The Bertz CT molecular complexity index is 311. The van der Waals surface area contributed by atoms with E-state index in [1.807, 2.05) is 20.8 Å². The maximum atomic E-state index is 11.5. The van der Waals surface area contributed by atoms with Crippen molar-refractivity contribution in [2.75, 3.05) is 0 Å². The van der Waals surface area contributed by atoms with Crippen LogP contribution in [-0.2, 0) is 16.0 Å². The van der Waals surface area contributed by atoms with Crippen molar-refractivity contribution in [2.24, 2.45) is 5.73 Å². The smallest absolute Gasteiger partial charge is 0.323 e. The number of nitrogens with two attached hydrogens (primary N) is 1. The highest BCUT2D eigenvalue weighted by Gasteiger charge is 2.22. The quantitative estimate of drug-likeness (QED) is 0.769. The van der Waals surface area contributed by atoms with Crippen LogP contribution in [0.15, 0.2) is 23.0 Å². The van der Waals surface area contributed by atoms with Crippen LogP contribution >= 0.6 is 0 Å². The maximum Gasteiger partial charge on any atom is 0.323 e. The fourth-order valence-corrected chi connectivity index (χ4v) is 1.12. The molecule has 0 saturated carbocycles. The summed E-state index contributed by atoms with van der Waals surface area (Å²) in [6, 6.07) is 1.14. The fraction of sp³-hybridized carbons (Fsp3) is 0.545. The molecule has 4 heteroatoms. The van der Waals surface area contributed by atoms with Crippen LogP contribution in [0.2, 0.25) is 0 Å². The molecule has 0 radical (unpaired) electrons. The van der Waals surface area contributed by atoms with Crippen LogP contribution < -0.4 is 5.73 Å². The lowest BCUT2D eigenvalue weighted by atomic mass is 10.1. The summed E-state index contributed by atoms with van der Waals surface area (Å²) >= 11 is 0. The van der Waals surface area contributed by atoms with Crippen LogP contribution in [0, 0.1) is 0 Å². The zero-order chi connectivity index (χ0) is 11.5. The molecule has 1 aromatic heterocycles. The Kier molecular flexibility index (Phi) is 3.52. The third-order valence-corrected chi connectivity index (χ3v) is 1.75. The van der Waals surface area contributed by atoms with Crippen LogP contribution in [-0.4, -0.2) is 17.6 Å². The predicted octanol–water partition coefficient (Wildman–Crippen LogP) is 1.49. The topological polar surface area (TPSA) is 65.5 Å². The molecule has 0 aromatic carbocycles. The third kappa shape index (κ3) is 4.16. The highest BCUT2D eigenvalue weighted by atomic mass is 16.6. The molecule has 0 saturated heterocycles. The molecule has 4 nitrogen and oxygen atoms in total. The first-order valence-corrected chi connectivity index (χ1v) is 4.88. The van der Waals surface area contributed by atoms with Gasteiger partial charge in [-0.25, -0.2) is 0 Å². The molecular formula is C11H17NO3. The van der Waals surface area contributed by atoms with Gasteiger partial charge in [-0.15, -0.1) is 0 Å². The lowest BCUT2D eigenvalue weighted by Gasteiger charge is -2.21. The molecule has 0 amide bonds. The van der Waals surface area contributed by atoms with Crippen LogP contribution in [0.5, 0.6) is 0 Å². The highest BCUT2D eigenvalue weighted by molar-refractivity contribution is 5.76. The van der Waals surface area contributed by atoms with Crippen molar-refractivity contribution in [3.8, 4) is 0 Å². The van der Waals surface area contributed by atoms with Gasteiger partial charge in [0.25, 0.3) is 0 Å². The molecule has 84 valence electrons. The molecule has 1 unspecified atom stereocenters. The van der Waals surface area contributed by atoms with Crippen molar-refractivity contribution in [3.63, 3.8) is 0 Å². The number of esters is 1. The average Bonchev–Trinajstić information content (AvgIpc) is 2.53. The van der Waals surface area contributed by atoms with E-state index in [1.54, 1.807) is 18.6 Å². The van der Waals surface area contributed by atoms with Gasteiger partial charge < -0.3 is 14.9 Å². The maximum absolute atomic E-state index is 11.5. The Labute approximate surface area is 89.4 Å². The standard InChI is InChI=1S/C11H17NO3/c1-11(2,3)15-10(13)9(12)6-8-4-5-14-7-8/h4-5,7,9H,6,12H2,1-3H3. The molecule has 0 aliphatic rings. The molecule has 1 heterocycles. The van der Waals surface area contributed by atoms with E-state index in [-0.39, 0.29) is 5.97 Å². The first kappa shape index (κ1) is 11.8. The van der Waals surface area contributed by atoms with E-state index >= 15 is 0 Å². The molecule has 1 atom stereocenters. The fourth-order valence-electron chi connectivity index (χ4n) is 1.12. The van der Waals surface area contributed by atoms with Gasteiger partial charge in [0, 0.05) is 6.42 Å². The highest BCUT2D eigenvalue weighted by Crippen LogP contribution is 2.10. The van der Waals surface area contributed by atoms with Crippen LogP contribution in [0.1, 0.15) is 26.3 Å². The number of hydrogen-bond acceptors (Lipinski definition) is 4. The molecule has 0 aliphatic carbocycles. The van der Waals surface area contributed by atoms with Gasteiger partial charge in [-0.05, 0) is 32.4 Å². The third-order valence-electron chi connectivity index (χ3n) is 1.75. The van der Waals surface area contributed by atoms with E-state index in [2.05, 4.69) is 0 Å². The van der Waals surface area contributed by atoms with Gasteiger partial charge in [0.05, 0.1) is 12.5 Å². The van der Waals surface area contributed by atoms with Gasteiger partial charge in [0.1, 0.15) is 11.6 Å². The van der Waals surface area contributed by atoms with E-state index in [4.69, 9.17) is 14.9 Å². The molecule has 0 spiro atoms. The number of hydrogen-bond donors (Lipinski definition) is 1. The van der Waals surface area contributed by atoms with Gasteiger partial charge in [-0.1, -0.05) is 0 Å². The minimum atomic E-state index is -0.637.